The zero-order chi connectivity index (χ0) is 16.3. The van der Waals surface area contributed by atoms with Crippen molar-refractivity contribution in [1.82, 2.24) is 4.90 Å². The first kappa shape index (κ1) is 16.7. The van der Waals surface area contributed by atoms with Gasteiger partial charge in [-0.1, -0.05) is 6.92 Å². The van der Waals surface area contributed by atoms with Crippen molar-refractivity contribution in [3.05, 3.63) is 22.8 Å². The molecule has 1 unspecified atom stereocenters. The quantitative estimate of drug-likeness (QED) is 0.742. The fourth-order valence-corrected chi connectivity index (χ4v) is 3.21. The Morgan fingerprint density at radius 1 is 1.27 bits per heavy atom. The molecule has 1 fully saturated rings. The van der Waals surface area contributed by atoms with Gasteiger partial charge in [0.05, 0.1) is 4.91 Å². The molecule has 2 heterocycles. The number of hydrogen-bond acceptors (Lipinski definition) is 5. The SMILES string of the molecule is CCC(C)N1C(=O)S/C(=C/c2ccc(N(CC)CC)o2)C1=O. The highest BCUT2D eigenvalue weighted by Gasteiger charge is 2.37. The molecule has 0 bridgehead atoms. The maximum Gasteiger partial charge on any atom is 0.293 e. The van der Waals surface area contributed by atoms with Gasteiger partial charge in [-0.15, -0.1) is 0 Å². The summed E-state index contributed by atoms with van der Waals surface area (Å²) in [7, 11) is 0. The summed E-state index contributed by atoms with van der Waals surface area (Å²) >= 11 is 0.974. The van der Waals surface area contributed by atoms with Gasteiger partial charge in [-0.05, 0) is 45.0 Å². The molecule has 0 aromatic carbocycles. The Kier molecular flexibility index (Phi) is 5.34. The van der Waals surface area contributed by atoms with Crippen LogP contribution in [0.3, 0.4) is 0 Å². The van der Waals surface area contributed by atoms with E-state index in [4.69, 9.17) is 4.42 Å². The van der Waals surface area contributed by atoms with E-state index in [1.807, 2.05) is 26.0 Å². The zero-order valence-electron chi connectivity index (χ0n) is 13.5. The Morgan fingerprint density at radius 3 is 2.55 bits per heavy atom. The van der Waals surface area contributed by atoms with E-state index in [9.17, 15) is 9.59 Å². The Hall–Kier alpha value is -1.69. The van der Waals surface area contributed by atoms with E-state index in [0.29, 0.717) is 10.7 Å². The molecule has 1 saturated heterocycles. The van der Waals surface area contributed by atoms with Crippen molar-refractivity contribution in [3.8, 4) is 0 Å². The summed E-state index contributed by atoms with van der Waals surface area (Å²) in [5.74, 6) is 1.14. The Balaban J connectivity index is 2.20. The van der Waals surface area contributed by atoms with Crippen LogP contribution >= 0.6 is 11.8 Å². The average Bonchev–Trinajstić information content (AvgIpc) is 3.06. The van der Waals surface area contributed by atoms with Gasteiger partial charge in [0.1, 0.15) is 5.76 Å². The monoisotopic (exact) mass is 322 g/mol. The number of carbonyl (C=O) groups excluding carboxylic acids is 2. The second-order valence-corrected chi connectivity index (χ2v) is 6.15. The minimum absolute atomic E-state index is 0.0822. The van der Waals surface area contributed by atoms with Crippen LogP contribution in [-0.4, -0.2) is 35.2 Å². The third kappa shape index (κ3) is 3.21. The molecule has 1 aromatic rings. The molecular formula is C16H22N2O3S. The molecular weight excluding hydrogens is 300 g/mol. The van der Waals surface area contributed by atoms with Gasteiger partial charge in [0.25, 0.3) is 11.1 Å². The first-order chi connectivity index (χ1) is 10.5. The summed E-state index contributed by atoms with van der Waals surface area (Å²) in [6.07, 6.45) is 2.40. The van der Waals surface area contributed by atoms with Gasteiger partial charge in [-0.3, -0.25) is 14.5 Å². The first-order valence-electron chi connectivity index (χ1n) is 7.63. The number of thioether (sulfide) groups is 1. The van der Waals surface area contributed by atoms with Crippen LogP contribution in [0.1, 0.15) is 39.9 Å². The minimum atomic E-state index is -0.231. The van der Waals surface area contributed by atoms with Gasteiger partial charge in [0, 0.05) is 31.3 Å². The van der Waals surface area contributed by atoms with Gasteiger partial charge >= 0.3 is 0 Å². The number of hydrogen-bond donors (Lipinski definition) is 0. The van der Waals surface area contributed by atoms with E-state index in [0.717, 1.165) is 37.2 Å². The summed E-state index contributed by atoms with van der Waals surface area (Å²) in [6, 6.07) is 3.63. The number of rotatable bonds is 6. The standard InChI is InChI=1S/C16H22N2O3S/c1-5-11(4)18-15(19)13(22-16(18)20)10-12-8-9-14(21-12)17(6-2)7-3/h8-11H,5-7H2,1-4H3/b13-10+. The van der Waals surface area contributed by atoms with Gasteiger partial charge in [0.2, 0.25) is 0 Å². The molecule has 5 nitrogen and oxygen atoms in total. The minimum Gasteiger partial charge on any atom is -0.441 e. The number of imide groups is 1. The molecule has 0 spiro atoms. The topological polar surface area (TPSA) is 53.8 Å². The fourth-order valence-electron chi connectivity index (χ4n) is 2.30. The maximum absolute atomic E-state index is 12.3. The van der Waals surface area contributed by atoms with Gasteiger partial charge < -0.3 is 9.32 Å². The van der Waals surface area contributed by atoms with Crippen LogP contribution in [0, 0.1) is 0 Å². The molecule has 1 aliphatic rings. The molecule has 2 amide bonds. The maximum atomic E-state index is 12.3. The van der Waals surface area contributed by atoms with Crippen molar-refractivity contribution in [1.29, 1.82) is 0 Å². The van der Waals surface area contributed by atoms with Gasteiger partial charge in [0.15, 0.2) is 5.88 Å². The molecule has 120 valence electrons. The molecule has 0 radical (unpaired) electrons. The van der Waals surface area contributed by atoms with Crippen LogP contribution in [-0.2, 0) is 4.79 Å². The van der Waals surface area contributed by atoms with Crippen molar-refractivity contribution in [2.45, 2.75) is 40.2 Å². The molecule has 2 rings (SSSR count). The van der Waals surface area contributed by atoms with Crippen LogP contribution in [0.15, 0.2) is 21.5 Å². The number of nitrogens with zero attached hydrogens (tertiary/aromatic N) is 2. The molecule has 1 aromatic heterocycles. The average molecular weight is 322 g/mol. The van der Waals surface area contributed by atoms with E-state index >= 15 is 0 Å². The smallest absolute Gasteiger partial charge is 0.293 e. The van der Waals surface area contributed by atoms with Crippen LogP contribution in [0.5, 0.6) is 0 Å². The normalized spacial score (nSPS) is 18.4. The Bertz CT molecular complexity index is 590. The lowest BCUT2D eigenvalue weighted by Gasteiger charge is -2.19. The van der Waals surface area contributed by atoms with Crippen molar-refractivity contribution >= 4 is 34.9 Å². The summed E-state index contributed by atoms with van der Waals surface area (Å²) in [5, 5.41) is -0.207. The Morgan fingerprint density at radius 2 is 1.95 bits per heavy atom. The van der Waals surface area contributed by atoms with Crippen LogP contribution in [0.25, 0.3) is 6.08 Å². The lowest BCUT2D eigenvalue weighted by molar-refractivity contribution is -0.124. The lowest BCUT2D eigenvalue weighted by Crippen LogP contribution is -2.36. The van der Waals surface area contributed by atoms with Crippen LogP contribution in [0.2, 0.25) is 0 Å². The summed E-state index contributed by atoms with van der Waals surface area (Å²) in [6.45, 7) is 9.67. The van der Waals surface area contributed by atoms with Crippen molar-refractivity contribution in [2.75, 3.05) is 18.0 Å². The highest BCUT2D eigenvalue weighted by molar-refractivity contribution is 8.18. The highest BCUT2D eigenvalue weighted by atomic mass is 32.2. The molecule has 0 N–H and O–H groups in total. The second kappa shape index (κ2) is 7.05. The molecule has 0 aliphatic carbocycles. The molecule has 1 aliphatic heterocycles. The summed E-state index contributed by atoms with van der Waals surface area (Å²) in [4.78, 5) is 28.1. The van der Waals surface area contributed by atoms with Crippen LogP contribution < -0.4 is 4.90 Å². The predicted molar refractivity (Wildman–Crippen MR) is 89.8 cm³/mol. The van der Waals surface area contributed by atoms with E-state index in [-0.39, 0.29) is 17.2 Å². The van der Waals surface area contributed by atoms with Crippen molar-refractivity contribution in [3.63, 3.8) is 0 Å². The number of furan rings is 1. The first-order valence-corrected chi connectivity index (χ1v) is 8.45. The largest absolute Gasteiger partial charge is 0.441 e. The number of carbonyl (C=O) groups is 2. The Labute approximate surface area is 135 Å². The molecule has 6 heteroatoms. The fraction of sp³-hybridized carbons (Fsp3) is 0.500. The van der Waals surface area contributed by atoms with E-state index in [1.165, 1.54) is 4.90 Å². The van der Waals surface area contributed by atoms with Crippen molar-refractivity contribution in [2.24, 2.45) is 0 Å². The van der Waals surface area contributed by atoms with Gasteiger partial charge in [-0.2, -0.15) is 0 Å². The molecule has 0 saturated carbocycles. The highest BCUT2D eigenvalue weighted by Crippen LogP contribution is 2.34. The zero-order valence-corrected chi connectivity index (χ0v) is 14.3. The predicted octanol–water partition coefficient (Wildman–Crippen LogP) is 3.96. The second-order valence-electron chi connectivity index (χ2n) is 5.16. The van der Waals surface area contributed by atoms with Crippen LogP contribution in [0.4, 0.5) is 10.7 Å². The summed E-state index contributed by atoms with van der Waals surface area (Å²) in [5.41, 5.74) is 0. The summed E-state index contributed by atoms with van der Waals surface area (Å²) < 4.78 is 5.75. The number of amides is 2. The number of anilines is 1. The lowest BCUT2D eigenvalue weighted by atomic mass is 10.2. The van der Waals surface area contributed by atoms with E-state index in [1.54, 1.807) is 6.08 Å². The third-order valence-corrected chi connectivity index (χ3v) is 4.70. The van der Waals surface area contributed by atoms with Crippen molar-refractivity contribution < 1.29 is 14.0 Å². The third-order valence-electron chi connectivity index (χ3n) is 3.82. The van der Waals surface area contributed by atoms with E-state index < -0.39 is 0 Å². The van der Waals surface area contributed by atoms with Gasteiger partial charge in [-0.25, -0.2) is 0 Å². The van der Waals surface area contributed by atoms with E-state index in [2.05, 4.69) is 18.7 Å². The molecule has 22 heavy (non-hydrogen) atoms. The molecule has 1 atom stereocenters.